The van der Waals surface area contributed by atoms with Gasteiger partial charge in [0.2, 0.25) is 0 Å². The van der Waals surface area contributed by atoms with Crippen molar-refractivity contribution in [3.8, 4) is 0 Å². The molecular weight excluding hydrogens is 214 g/mol. The number of benzene rings is 1. The van der Waals surface area contributed by atoms with Crippen molar-refractivity contribution in [2.24, 2.45) is 0 Å². The first-order valence-corrected chi connectivity index (χ1v) is 6.15. The minimum Gasteiger partial charge on any atom is -0.397 e. The largest absolute Gasteiger partial charge is 0.397 e. The summed E-state index contributed by atoms with van der Waals surface area (Å²) in [5.41, 5.74) is 9.25. The first-order chi connectivity index (χ1) is 8.20. The van der Waals surface area contributed by atoms with Crippen molar-refractivity contribution in [1.82, 2.24) is 4.90 Å². The summed E-state index contributed by atoms with van der Waals surface area (Å²) in [7, 11) is 0. The average Bonchev–Trinajstić information content (AvgIpc) is 2.31. The Morgan fingerprint density at radius 1 is 1.24 bits per heavy atom. The van der Waals surface area contributed by atoms with Crippen LogP contribution < -0.4 is 10.6 Å². The molecule has 1 aliphatic rings. The van der Waals surface area contributed by atoms with Gasteiger partial charge in [0, 0.05) is 32.7 Å². The lowest BCUT2D eigenvalue weighted by Crippen LogP contribution is -2.47. The molecule has 1 heterocycles. The number of β-amino-alcohol motifs (C(OH)–C–C–N with tert-alkyl or cyclic N) is 1. The summed E-state index contributed by atoms with van der Waals surface area (Å²) < 4.78 is 0. The van der Waals surface area contributed by atoms with Crippen LogP contribution in [0, 0.1) is 6.92 Å². The zero-order valence-electron chi connectivity index (χ0n) is 10.4. The summed E-state index contributed by atoms with van der Waals surface area (Å²) in [5.74, 6) is 0. The molecule has 4 heteroatoms. The van der Waals surface area contributed by atoms with E-state index in [9.17, 15) is 0 Å². The van der Waals surface area contributed by atoms with E-state index in [-0.39, 0.29) is 6.61 Å². The second-order valence-corrected chi connectivity index (χ2v) is 4.61. The Hall–Kier alpha value is -1.26. The molecule has 1 aromatic carbocycles. The molecule has 1 aliphatic heterocycles. The SMILES string of the molecule is Cc1ccc(N2CCN(CCO)CC2)c(N)c1. The molecule has 0 bridgehead atoms. The molecule has 1 aromatic rings. The molecule has 4 nitrogen and oxygen atoms in total. The van der Waals surface area contributed by atoms with Crippen LogP contribution in [0.4, 0.5) is 11.4 Å². The molecule has 1 saturated heterocycles. The number of aliphatic hydroxyl groups excluding tert-OH is 1. The maximum atomic E-state index is 8.90. The van der Waals surface area contributed by atoms with Crippen molar-refractivity contribution in [2.75, 3.05) is 50.0 Å². The number of aryl methyl sites for hydroxylation is 1. The fourth-order valence-corrected chi connectivity index (χ4v) is 2.32. The van der Waals surface area contributed by atoms with Gasteiger partial charge in [0.25, 0.3) is 0 Å². The molecule has 0 spiro atoms. The van der Waals surface area contributed by atoms with Gasteiger partial charge in [0.15, 0.2) is 0 Å². The topological polar surface area (TPSA) is 52.7 Å². The molecule has 3 N–H and O–H groups in total. The summed E-state index contributed by atoms with van der Waals surface area (Å²) in [6.07, 6.45) is 0. The molecule has 0 aliphatic carbocycles. The number of nitrogen functional groups attached to an aromatic ring is 1. The molecule has 0 saturated carbocycles. The Morgan fingerprint density at radius 2 is 1.94 bits per heavy atom. The highest BCUT2D eigenvalue weighted by Gasteiger charge is 2.17. The number of anilines is 2. The number of nitrogens with zero attached hydrogens (tertiary/aromatic N) is 2. The van der Waals surface area contributed by atoms with Gasteiger partial charge in [-0.05, 0) is 24.6 Å². The molecule has 1 fully saturated rings. The van der Waals surface area contributed by atoms with Crippen molar-refractivity contribution >= 4 is 11.4 Å². The third kappa shape index (κ3) is 2.90. The van der Waals surface area contributed by atoms with Crippen LogP contribution in [0.15, 0.2) is 18.2 Å². The minimum absolute atomic E-state index is 0.243. The zero-order valence-corrected chi connectivity index (χ0v) is 10.4. The molecule has 0 radical (unpaired) electrons. The van der Waals surface area contributed by atoms with Gasteiger partial charge in [-0.3, -0.25) is 4.90 Å². The van der Waals surface area contributed by atoms with Crippen molar-refractivity contribution in [2.45, 2.75) is 6.92 Å². The summed E-state index contributed by atoms with van der Waals surface area (Å²) in [5, 5.41) is 8.90. The van der Waals surface area contributed by atoms with Gasteiger partial charge in [0.05, 0.1) is 18.0 Å². The summed E-state index contributed by atoms with van der Waals surface area (Å²) in [4.78, 5) is 4.60. The van der Waals surface area contributed by atoms with Crippen LogP contribution in [-0.4, -0.2) is 49.3 Å². The van der Waals surface area contributed by atoms with Gasteiger partial charge < -0.3 is 15.7 Å². The van der Waals surface area contributed by atoms with E-state index in [1.807, 2.05) is 6.07 Å². The summed E-state index contributed by atoms with van der Waals surface area (Å²) >= 11 is 0. The Balaban J connectivity index is 2.00. The van der Waals surface area contributed by atoms with Crippen LogP contribution in [0.1, 0.15) is 5.56 Å². The molecule has 0 unspecified atom stereocenters. The smallest absolute Gasteiger partial charge is 0.0601 e. The predicted octanol–water partition coefficient (Wildman–Crippen LogP) is 0.692. The number of aliphatic hydroxyl groups is 1. The fourth-order valence-electron chi connectivity index (χ4n) is 2.32. The van der Waals surface area contributed by atoms with E-state index in [4.69, 9.17) is 10.8 Å². The monoisotopic (exact) mass is 235 g/mol. The van der Waals surface area contributed by atoms with E-state index in [0.29, 0.717) is 0 Å². The van der Waals surface area contributed by atoms with E-state index in [1.54, 1.807) is 0 Å². The Kier molecular flexibility index (Phi) is 3.86. The summed E-state index contributed by atoms with van der Waals surface area (Å²) in [6.45, 7) is 7.02. The van der Waals surface area contributed by atoms with Gasteiger partial charge in [0.1, 0.15) is 0 Å². The number of hydrogen-bond donors (Lipinski definition) is 2. The van der Waals surface area contributed by atoms with Crippen molar-refractivity contribution in [3.63, 3.8) is 0 Å². The van der Waals surface area contributed by atoms with Gasteiger partial charge in [-0.15, -0.1) is 0 Å². The Bertz CT molecular complexity index is 373. The van der Waals surface area contributed by atoms with E-state index in [2.05, 4.69) is 28.9 Å². The summed E-state index contributed by atoms with van der Waals surface area (Å²) in [6, 6.07) is 6.23. The Labute approximate surface area is 103 Å². The maximum Gasteiger partial charge on any atom is 0.0601 e. The lowest BCUT2D eigenvalue weighted by molar-refractivity contribution is 0.189. The highest BCUT2D eigenvalue weighted by molar-refractivity contribution is 5.68. The maximum absolute atomic E-state index is 8.90. The predicted molar refractivity (Wildman–Crippen MR) is 71.3 cm³/mol. The zero-order chi connectivity index (χ0) is 12.3. The van der Waals surface area contributed by atoms with Gasteiger partial charge in [-0.1, -0.05) is 6.07 Å². The van der Waals surface area contributed by atoms with Crippen LogP contribution in [0.3, 0.4) is 0 Å². The van der Waals surface area contributed by atoms with Crippen molar-refractivity contribution in [1.29, 1.82) is 0 Å². The third-order valence-corrected chi connectivity index (χ3v) is 3.31. The lowest BCUT2D eigenvalue weighted by Gasteiger charge is -2.36. The molecular formula is C13H21N3O. The van der Waals surface area contributed by atoms with Crippen molar-refractivity contribution < 1.29 is 5.11 Å². The van der Waals surface area contributed by atoms with Crippen LogP contribution in [0.2, 0.25) is 0 Å². The molecule has 0 amide bonds. The lowest BCUT2D eigenvalue weighted by atomic mass is 10.1. The van der Waals surface area contributed by atoms with Crippen molar-refractivity contribution in [3.05, 3.63) is 23.8 Å². The standard InChI is InChI=1S/C13H21N3O/c1-11-2-3-13(12(14)10-11)16-6-4-15(5-7-16)8-9-17/h2-3,10,17H,4-9,14H2,1H3. The van der Waals surface area contributed by atoms with E-state index >= 15 is 0 Å². The highest BCUT2D eigenvalue weighted by atomic mass is 16.3. The highest BCUT2D eigenvalue weighted by Crippen LogP contribution is 2.25. The fraction of sp³-hybridized carbons (Fsp3) is 0.538. The number of rotatable bonds is 3. The second kappa shape index (κ2) is 5.38. The quantitative estimate of drug-likeness (QED) is 0.757. The third-order valence-electron chi connectivity index (χ3n) is 3.31. The molecule has 2 rings (SSSR count). The van der Waals surface area contributed by atoms with E-state index in [0.717, 1.165) is 44.1 Å². The molecule has 17 heavy (non-hydrogen) atoms. The van der Waals surface area contributed by atoms with Crippen LogP contribution in [-0.2, 0) is 0 Å². The number of nitrogens with two attached hydrogens (primary N) is 1. The second-order valence-electron chi connectivity index (χ2n) is 4.61. The number of piperazine rings is 1. The van der Waals surface area contributed by atoms with Crippen LogP contribution in [0.5, 0.6) is 0 Å². The normalized spacial score (nSPS) is 17.4. The van der Waals surface area contributed by atoms with Crippen LogP contribution in [0.25, 0.3) is 0 Å². The van der Waals surface area contributed by atoms with Gasteiger partial charge in [-0.25, -0.2) is 0 Å². The van der Waals surface area contributed by atoms with Gasteiger partial charge in [-0.2, -0.15) is 0 Å². The average molecular weight is 235 g/mol. The molecule has 94 valence electrons. The first kappa shape index (κ1) is 12.2. The first-order valence-electron chi connectivity index (χ1n) is 6.15. The minimum atomic E-state index is 0.243. The van der Waals surface area contributed by atoms with E-state index < -0.39 is 0 Å². The van der Waals surface area contributed by atoms with Gasteiger partial charge >= 0.3 is 0 Å². The molecule has 0 aromatic heterocycles. The number of hydrogen-bond acceptors (Lipinski definition) is 4. The van der Waals surface area contributed by atoms with Crippen LogP contribution >= 0.6 is 0 Å². The Morgan fingerprint density at radius 3 is 2.53 bits per heavy atom. The molecule has 0 atom stereocenters. The van der Waals surface area contributed by atoms with E-state index in [1.165, 1.54) is 5.56 Å².